The summed E-state index contributed by atoms with van der Waals surface area (Å²) in [6, 6.07) is 72.5. The molecular weight excluding hydrogens is 785 g/mol. The molecular formula is C57H34N6O. The van der Waals surface area contributed by atoms with Crippen molar-refractivity contribution in [3.8, 4) is 40.1 Å². The van der Waals surface area contributed by atoms with Gasteiger partial charge >= 0.3 is 0 Å². The number of benzene rings is 9. The maximum absolute atomic E-state index is 6.79. The Labute approximate surface area is 365 Å². The molecule has 64 heavy (non-hydrogen) atoms. The van der Waals surface area contributed by atoms with Crippen molar-refractivity contribution < 1.29 is 4.42 Å². The summed E-state index contributed by atoms with van der Waals surface area (Å²) in [5.74, 6) is 1.60. The second-order valence-corrected chi connectivity index (χ2v) is 16.4. The Bertz CT molecular complexity index is 3930. The zero-order valence-corrected chi connectivity index (χ0v) is 34.2. The van der Waals surface area contributed by atoms with Gasteiger partial charge in [-0.25, -0.2) is 0 Å². The molecule has 7 nitrogen and oxygen atoms in total. The van der Waals surface area contributed by atoms with E-state index in [1.54, 1.807) is 0 Å². The van der Waals surface area contributed by atoms with Crippen LogP contribution < -0.4 is 0 Å². The molecule has 14 rings (SSSR count). The number of para-hydroxylation sites is 8. The van der Waals surface area contributed by atoms with Gasteiger partial charge in [0.1, 0.15) is 11.2 Å². The van der Waals surface area contributed by atoms with Gasteiger partial charge in [0.15, 0.2) is 5.82 Å². The first-order valence-electron chi connectivity index (χ1n) is 21.5. The zero-order valence-electron chi connectivity index (χ0n) is 34.2. The van der Waals surface area contributed by atoms with Crippen LogP contribution in [0.5, 0.6) is 0 Å². The largest absolute Gasteiger partial charge is 0.455 e. The van der Waals surface area contributed by atoms with Gasteiger partial charge in [-0.15, -0.1) is 0 Å². The van der Waals surface area contributed by atoms with Gasteiger partial charge in [0.25, 0.3) is 0 Å². The fourth-order valence-corrected chi connectivity index (χ4v) is 10.2. The zero-order chi connectivity index (χ0) is 41.9. The van der Waals surface area contributed by atoms with Gasteiger partial charge in [0, 0.05) is 59.9 Å². The highest BCUT2D eigenvalue weighted by Crippen LogP contribution is 2.43. The highest BCUT2D eigenvalue weighted by molar-refractivity contribution is 6.13. The maximum atomic E-state index is 6.79. The molecule has 0 saturated carbocycles. The molecule has 0 aliphatic heterocycles. The summed E-state index contributed by atoms with van der Waals surface area (Å²) in [7, 11) is 0. The van der Waals surface area contributed by atoms with Gasteiger partial charge in [-0.2, -0.15) is 15.0 Å². The molecule has 0 spiro atoms. The van der Waals surface area contributed by atoms with Crippen molar-refractivity contribution in [3.05, 3.63) is 206 Å². The minimum absolute atomic E-state index is 0.527. The van der Waals surface area contributed by atoms with E-state index in [-0.39, 0.29) is 0 Å². The Balaban J connectivity index is 1.11. The van der Waals surface area contributed by atoms with Crippen molar-refractivity contribution >= 4 is 87.4 Å². The molecule has 0 amide bonds. The summed E-state index contributed by atoms with van der Waals surface area (Å²) in [4.78, 5) is 16.4. The summed E-state index contributed by atoms with van der Waals surface area (Å²) in [6.07, 6.45) is 0. The first-order valence-corrected chi connectivity index (χ1v) is 21.5. The second kappa shape index (κ2) is 13.3. The van der Waals surface area contributed by atoms with E-state index in [4.69, 9.17) is 19.4 Å². The average molecular weight is 819 g/mol. The maximum Gasteiger partial charge on any atom is 0.240 e. The lowest BCUT2D eigenvalue weighted by molar-refractivity contribution is 0.670. The molecule has 14 aromatic rings. The molecule has 0 radical (unpaired) electrons. The number of furan rings is 1. The van der Waals surface area contributed by atoms with Crippen LogP contribution in [0.2, 0.25) is 0 Å². The van der Waals surface area contributed by atoms with Crippen LogP contribution >= 0.6 is 0 Å². The molecule has 0 saturated heterocycles. The van der Waals surface area contributed by atoms with Crippen LogP contribution in [0.4, 0.5) is 0 Å². The Morgan fingerprint density at radius 3 is 1.19 bits per heavy atom. The minimum Gasteiger partial charge on any atom is -0.455 e. The first-order chi connectivity index (χ1) is 31.8. The Kier molecular flexibility index (Phi) is 7.27. The van der Waals surface area contributed by atoms with E-state index < -0.39 is 0 Å². The van der Waals surface area contributed by atoms with Gasteiger partial charge < -0.3 is 8.98 Å². The number of fused-ring (bicyclic) bond motifs is 12. The molecule has 0 fully saturated rings. The van der Waals surface area contributed by atoms with Gasteiger partial charge in [0.2, 0.25) is 11.9 Å². The lowest BCUT2D eigenvalue weighted by Crippen LogP contribution is -2.10. The molecule has 0 aliphatic rings. The molecule has 298 valence electrons. The number of rotatable bonds is 5. The normalized spacial score (nSPS) is 12.1. The standard InChI is InChI=1S/C57H34N6O/c1-8-25-47-36(16-1)37-17-2-9-26-48(37)61(47)35-32-33-45(46(34-35)44-24-15-23-43-42-22-7-14-31-53(42)64-54(43)44)55-58-56(62-49-27-10-3-18-38(49)39-19-4-11-28-50(39)62)60-57(59-55)63-51-29-12-5-20-40(51)41-21-6-13-30-52(41)63/h1-34H. The van der Waals surface area contributed by atoms with Crippen molar-refractivity contribution in [2.24, 2.45) is 0 Å². The van der Waals surface area contributed by atoms with Gasteiger partial charge in [0.05, 0.1) is 33.1 Å². The Morgan fingerprint density at radius 2 is 0.703 bits per heavy atom. The topological polar surface area (TPSA) is 66.6 Å². The molecule has 7 heteroatoms. The molecule has 0 bridgehead atoms. The third-order valence-corrected chi connectivity index (χ3v) is 12.9. The molecule has 9 aromatic carbocycles. The smallest absolute Gasteiger partial charge is 0.240 e. The van der Waals surface area contributed by atoms with Crippen LogP contribution in [0.15, 0.2) is 211 Å². The van der Waals surface area contributed by atoms with Gasteiger partial charge in [-0.1, -0.05) is 146 Å². The molecule has 5 aromatic heterocycles. The van der Waals surface area contributed by atoms with E-state index in [1.807, 2.05) is 12.1 Å². The SMILES string of the molecule is c1ccc2c(c1)oc1c(-c3cc(-n4c5ccccc5c5ccccc54)ccc3-c3nc(-n4c5ccccc5c5ccccc54)nc(-n4c5ccccc5c5ccccc54)n3)cccc12. The summed E-state index contributed by atoms with van der Waals surface area (Å²) in [5.41, 5.74) is 11.7. The third-order valence-electron chi connectivity index (χ3n) is 12.9. The van der Waals surface area contributed by atoms with Crippen molar-refractivity contribution in [2.45, 2.75) is 0 Å². The summed E-state index contributed by atoms with van der Waals surface area (Å²) >= 11 is 0. The third kappa shape index (κ3) is 4.94. The van der Waals surface area contributed by atoms with Crippen molar-refractivity contribution in [1.82, 2.24) is 28.7 Å². The first kappa shape index (κ1) is 34.9. The summed E-state index contributed by atoms with van der Waals surface area (Å²) in [6.45, 7) is 0. The highest BCUT2D eigenvalue weighted by atomic mass is 16.3. The van der Waals surface area contributed by atoms with Crippen LogP contribution in [-0.2, 0) is 0 Å². The second-order valence-electron chi connectivity index (χ2n) is 16.4. The van der Waals surface area contributed by atoms with Crippen LogP contribution in [0.1, 0.15) is 0 Å². The lowest BCUT2D eigenvalue weighted by atomic mass is 9.96. The average Bonchev–Trinajstić information content (AvgIpc) is 4.10. The van der Waals surface area contributed by atoms with Crippen LogP contribution in [0.25, 0.3) is 127 Å². The highest BCUT2D eigenvalue weighted by Gasteiger charge is 2.24. The van der Waals surface area contributed by atoms with Crippen molar-refractivity contribution in [3.63, 3.8) is 0 Å². The Morgan fingerprint density at radius 1 is 0.297 bits per heavy atom. The molecule has 0 atom stereocenters. The van der Waals surface area contributed by atoms with Crippen LogP contribution in [0.3, 0.4) is 0 Å². The van der Waals surface area contributed by atoms with E-state index in [0.29, 0.717) is 17.7 Å². The van der Waals surface area contributed by atoms with E-state index in [1.165, 1.54) is 10.8 Å². The fourth-order valence-electron chi connectivity index (χ4n) is 10.2. The van der Waals surface area contributed by atoms with E-state index in [9.17, 15) is 0 Å². The van der Waals surface area contributed by atoms with E-state index >= 15 is 0 Å². The number of hydrogen-bond acceptors (Lipinski definition) is 4. The monoisotopic (exact) mass is 818 g/mol. The van der Waals surface area contributed by atoms with E-state index in [0.717, 1.165) is 99.0 Å². The van der Waals surface area contributed by atoms with Crippen LogP contribution in [0, 0.1) is 0 Å². The Hall–Kier alpha value is -8.81. The lowest BCUT2D eigenvalue weighted by Gasteiger charge is -2.16. The fraction of sp³-hybridized carbons (Fsp3) is 0. The van der Waals surface area contributed by atoms with Crippen molar-refractivity contribution in [2.75, 3.05) is 0 Å². The number of aromatic nitrogens is 6. The van der Waals surface area contributed by atoms with Gasteiger partial charge in [-0.05, 0) is 66.2 Å². The predicted octanol–water partition coefficient (Wildman–Crippen LogP) is 14.4. The summed E-state index contributed by atoms with van der Waals surface area (Å²) in [5, 5.41) is 9.05. The predicted molar refractivity (Wildman–Crippen MR) is 261 cm³/mol. The van der Waals surface area contributed by atoms with Crippen molar-refractivity contribution in [1.29, 1.82) is 0 Å². The quantitative estimate of drug-likeness (QED) is 0.173. The number of hydrogen-bond donors (Lipinski definition) is 0. The molecule has 0 aliphatic carbocycles. The molecule has 0 unspecified atom stereocenters. The van der Waals surface area contributed by atoms with Crippen LogP contribution in [-0.4, -0.2) is 28.7 Å². The number of nitrogens with zero attached hydrogens (tertiary/aromatic N) is 6. The van der Waals surface area contributed by atoms with E-state index in [2.05, 4.69) is 208 Å². The summed E-state index contributed by atoms with van der Waals surface area (Å²) < 4.78 is 13.5. The molecule has 5 heterocycles. The minimum atomic E-state index is 0.527. The van der Waals surface area contributed by atoms with Gasteiger partial charge in [-0.3, -0.25) is 9.13 Å². The molecule has 0 N–H and O–H groups in total.